The summed E-state index contributed by atoms with van der Waals surface area (Å²) in [5.41, 5.74) is -0.238. The lowest BCUT2D eigenvalue weighted by Crippen LogP contribution is -2.51. The number of alkyl halides is 3. The van der Waals surface area contributed by atoms with Crippen LogP contribution in [0.1, 0.15) is 51.9 Å². The molecule has 1 amide bonds. The summed E-state index contributed by atoms with van der Waals surface area (Å²) in [6.45, 7) is 10.2. The monoisotopic (exact) mass is 622 g/mol. The maximum absolute atomic E-state index is 13.8. The van der Waals surface area contributed by atoms with Crippen LogP contribution in [0.5, 0.6) is 11.5 Å². The van der Waals surface area contributed by atoms with Crippen molar-refractivity contribution in [1.29, 1.82) is 0 Å². The van der Waals surface area contributed by atoms with E-state index in [1.54, 1.807) is 24.5 Å². The number of sulfonamides is 1. The summed E-state index contributed by atoms with van der Waals surface area (Å²) in [7, 11) is -4.12. The van der Waals surface area contributed by atoms with E-state index in [9.17, 15) is 31.2 Å². The average molecular weight is 623 g/mol. The summed E-state index contributed by atoms with van der Waals surface area (Å²) >= 11 is 6.19. The van der Waals surface area contributed by atoms with E-state index in [4.69, 9.17) is 16.3 Å². The zero-order valence-electron chi connectivity index (χ0n) is 23.5. The molecule has 1 aromatic carbocycles. The average Bonchev–Trinajstić information content (AvgIpc) is 2.86. The Morgan fingerprint density at radius 1 is 1.10 bits per heavy atom. The highest BCUT2D eigenvalue weighted by molar-refractivity contribution is 7.90. The number of amides is 1. The largest absolute Gasteiger partial charge is 0.492 e. The van der Waals surface area contributed by atoms with Gasteiger partial charge in [-0.15, -0.1) is 0 Å². The molecule has 0 aliphatic carbocycles. The van der Waals surface area contributed by atoms with Crippen LogP contribution in [-0.4, -0.2) is 67.5 Å². The number of carbonyl (C=O) groups is 2. The molecule has 0 fully saturated rings. The number of hydrogen-bond acceptors (Lipinski definition) is 8. The minimum absolute atomic E-state index is 0.0215. The van der Waals surface area contributed by atoms with Gasteiger partial charge < -0.3 is 19.7 Å². The van der Waals surface area contributed by atoms with E-state index < -0.39 is 61.2 Å². The molecule has 2 aromatic rings. The van der Waals surface area contributed by atoms with E-state index in [2.05, 4.69) is 19.8 Å². The molecule has 1 unspecified atom stereocenters. The molecule has 10 nitrogen and oxygen atoms in total. The highest BCUT2D eigenvalue weighted by atomic mass is 35.5. The Morgan fingerprint density at radius 3 is 2.24 bits per heavy atom. The second-order valence-electron chi connectivity index (χ2n) is 10.5. The molecule has 0 radical (unpaired) electrons. The van der Waals surface area contributed by atoms with E-state index in [0.717, 1.165) is 22.7 Å². The summed E-state index contributed by atoms with van der Waals surface area (Å²) in [6.07, 6.45) is -2.22. The van der Waals surface area contributed by atoms with Gasteiger partial charge in [-0.1, -0.05) is 32.4 Å². The van der Waals surface area contributed by atoms with Gasteiger partial charge in [-0.25, -0.2) is 17.9 Å². The van der Waals surface area contributed by atoms with Gasteiger partial charge in [0.15, 0.2) is 5.75 Å². The van der Waals surface area contributed by atoms with Gasteiger partial charge in [0.2, 0.25) is 10.0 Å². The first-order valence-electron chi connectivity index (χ1n) is 12.5. The molecule has 1 atom stereocenters. The molecule has 0 aliphatic rings. The quantitative estimate of drug-likeness (QED) is 0.195. The maximum Gasteiger partial charge on any atom is 0.491 e. The van der Waals surface area contributed by atoms with E-state index >= 15 is 0 Å². The number of benzene rings is 1. The fraction of sp³-hybridized carbons (Fsp3) is 0.500. The van der Waals surface area contributed by atoms with Crippen LogP contribution in [0.2, 0.25) is 5.02 Å². The molecule has 1 heterocycles. The molecule has 228 valence electrons. The number of pyridine rings is 1. The summed E-state index contributed by atoms with van der Waals surface area (Å²) in [5, 5.41) is 1.09. The molecule has 0 aliphatic heterocycles. The SMILES string of the molecule is CC(C)N(C(=O)c1cc(OCCNc2ccncc2)cc(Cl)c1OC(=O)C(F)(F)F)C(C)S(=O)(=O)NCC(C)(C)C. The number of hydrogen-bond donors (Lipinski definition) is 2. The highest BCUT2D eigenvalue weighted by Crippen LogP contribution is 2.37. The van der Waals surface area contributed by atoms with Crippen LogP contribution >= 0.6 is 11.6 Å². The number of nitrogens with zero attached hydrogens (tertiary/aromatic N) is 2. The van der Waals surface area contributed by atoms with Gasteiger partial charge in [0, 0.05) is 43.3 Å². The summed E-state index contributed by atoms with van der Waals surface area (Å²) in [4.78, 5) is 30.3. The summed E-state index contributed by atoms with van der Waals surface area (Å²) < 4.78 is 77.9. The van der Waals surface area contributed by atoms with Crippen LogP contribution < -0.4 is 19.5 Å². The number of ether oxygens (including phenoxy) is 2. The molecule has 1 aromatic heterocycles. The zero-order chi connectivity index (χ0) is 31.2. The lowest BCUT2D eigenvalue weighted by Gasteiger charge is -2.33. The highest BCUT2D eigenvalue weighted by Gasteiger charge is 2.43. The Bertz CT molecular complexity index is 1320. The van der Waals surface area contributed by atoms with Crippen molar-refractivity contribution in [2.45, 2.75) is 59.1 Å². The van der Waals surface area contributed by atoms with Crippen LogP contribution in [0.25, 0.3) is 0 Å². The second-order valence-corrected chi connectivity index (χ2v) is 13.0. The maximum atomic E-state index is 13.8. The number of carbonyl (C=O) groups excluding carboxylic acids is 2. The molecule has 0 saturated heterocycles. The third-order valence-corrected chi connectivity index (χ3v) is 7.44. The Balaban J connectivity index is 2.45. The third kappa shape index (κ3) is 10.0. The first-order valence-corrected chi connectivity index (χ1v) is 14.5. The Kier molecular flexibility index (Phi) is 11.4. The molecule has 0 spiro atoms. The van der Waals surface area contributed by atoms with Crippen molar-refractivity contribution in [3.63, 3.8) is 0 Å². The van der Waals surface area contributed by atoms with Crippen LogP contribution in [0.15, 0.2) is 36.7 Å². The van der Waals surface area contributed by atoms with Gasteiger partial charge in [-0.3, -0.25) is 9.78 Å². The zero-order valence-corrected chi connectivity index (χ0v) is 25.1. The van der Waals surface area contributed by atoms with Gasteiger partial charge in [-0.2, -0.15) is 13.2 Å². The number of aromatic nitrogens is 1. The number of anilines is 1. The smallest absolute Gasteiger partial charge is 0.491 e. The van der Waals surface area contributed by atoms with Crippen molar-refractivity contribution in [3.8, 4) is 11.5 Å². The lowest BCUT2D eigenvalue weighted by molar-refractivity contribution is -0.189. The lowest BCUT2D eigenvalue weighted by atomic mass is 9.98. The molecule has 41 heavy (non-hydrogen) atoms. The Morgan fingerprint density at radius 2 is 1.71 bits per heavy atom. The summed E-state index contributed by atoms with van der Waals surface area (Å²) in [5.74, 6) is -4.54. The van der Waals surface area contributed by atoms with Gasteiger partial charge in [-0.05, 0) is 44.4 Å². The molecule has 0 saturated carbocycles. The minimum Gasteiger partial charge on any atom is -0.492 e. The van der Waals surface area contributed by atoms with Crippen molar-refractivity contribution in [1.82, 2.24) is 14.6 Å². The Hall–Kier alpha value is -3.10. The van der Waals surface area contributed by atoms with Crippen LogP contribution in [0.4, 0.5) is 18.9 Å². The van der Waals surface area contributed by atoms with Crippen LogP contribution in [0.3, 0.4) is 0 Å². The van der Waals surface area contributed by atoms with Crippen molar-refractivity contribution in [2.75, 3.05) is 25.0 Å². The normalized spacial score (nSPS) is 13.0. The van der Waals surface area contributed by atoms with Crippen molar-refractivity contribution in [3.05, 3.63) is 47.2 Å². The fourth-order valence-corrected chi connectivity index (χ4v) is 5.21. The number of nitrogens with one attached hydrogen (secondary N) is 2. The first kappa shape index (κ1) is 34.1. The van der Waals surface area contributed by atoms with Crippen molar-refractivity contribution >= 4 is 39.2 Å². The number of halogens is 4. The topological polar surface area (TPSA) is 127 Å². The van der Waals surface area contributed by atoms with Crippen LogP contribution in [0, 0.1) is 5.41 Å². The molecule has 2 rings (SSSR count). The predicted molar refractivity (Wildman–Crippen MR) is 149 cm³/mol. The number of rotatable bonds is 12. The van der Waals surface area contributed by atoms with Gasteiger partial charge >= 0.3 is 12.1 Å². The van der Waals surface area contributed by atoms with Gasteiger partial charge in [0.1, 0.15) is 17.7 Å². The standard InChI is InChI=1S/C26H34ClF3N4O6S/c1-16(2)34(17(3)41(37,38)33-15-25(4,5)6)23(35)20-13-19(39-12-11-32-18-7-9-31-10-8-18)14-21(27)22(20)40-24(36)26(28,29)30/h7-10,13-14,16-17,33H,11-12,15H2,1-6H3,(H,31,32). The van der Waals surface area contributed by atoms with Crippen LogP contribution in [-0.2, 0) is 14.8 Å². The number of esters is 1. The second kappa shape index (κ2) is 13.7. The van der Waals surface area contributed by atoms with E-state index in [1.165, 1.54) is 20.8 Å². The molecule has 0 bridgehead atoms. The fourth-order valence-electron chi connectivity index (χ4n) is 3.44. The molecule has 2 N–H and O–H groups in total. The minimum atomic E-state index is -5.39. The van der Waals surface area contributed by atoms with Gasteiger partial charge in [0.05, 0.1) is 10.6 Å². The van der Waals surface area contributed by atoms with E-state index in [-0.39, 0.29) is 18.9 Å². The third-order valence-electron chi connectivity index (χ3n) is 5.49. The molecular formula is C26H34ClF3N4O6S. The van der Waals surface area contributed by atoms with Gasteiger partial charge in [0.25, 0.3) is 5.91 Å². The van der Waals surface area contributed by atoms with E-state index in [0.29, 0.717) is 6.54 Å². The first-order chi connectivity index (χ1) is 18.8. The van der Waals surface area contributed by atoms with Crippen molar-refractivity contribution < 1.29 is 40.7 Å². The van der Waals surface area contributed by atoms with Crippen molar-refractivity contribution in [2.24, 2.45) is 5.41 Å². The molecule has 15 heteroatoms. The van der Waals surface area contributed by atoms with E-state index in [1.807, 2.05) is 20.8 Å². The predicted octanol–water partition coefficient (Wildman–Crippen LogP) is 4.86. The molecular weight excluding hydrogens is 589 g/mol. The summed E-state index contributed by atoms with van der Waals surface area (Å²) in [6, 6.07) is 4.85. The Labute approximate surface area is 242 Å².